The molecule has 130 valence electrons. The Labute approximate surface area is 143 Å². The van der Waals surface area contributed by atoms with E-state index in [0.717, 1.165) is 18.6 Å². The maximum Gasteiger partial charge on any atom is 0.423 e. The predicted octanol–water partition coefficient (Wildman–Crippen LogP) is 1.60. The van der Waals surface area contributed by atoms with Crippen molar-refractivity contribution in [3.05, 3.63) is 53.6 Å². The molecule has 0 aliphatic heterocycles. The third-order valence-electron chi connectivity index (χ3n) is 3.00. The largest absolute Gasteiger partial charge is 0.423 e. The first-order valence-corrected chi connectivity index (χ1v) is 9.32. The average Bonchev–Trinajstić information content (AvgIpc) is 2.52. The number of ether oxygens (including phenoxy) is 1. The minimum atomic E-state index is -4.65. The SMILES string of the molecule is O=[C]Oc1ccc(C=Cc2cc[c]cc2S(=O)(=O)O)c(S(=O)(=O)O)c1. The second-order valence-corrected chi connectivity index (χ2v) is 7.41. The van der Waals surface area contributed by atoms with E-state index >= 15 is 0 Å². The van der Waals surface area contributed by atoms with Gasteiger partial charge in [-0.15, -0.1) is 0 Å². The fourth-order valence-corrected chi connectivity index (χ4v) is 3.31. The number of carbonyl (C=O) groups excluding carboxylic acids is 1. The minimum Gasteiger partial charge on any atom is -0.418 e. The molecule has 0 amide bonds. The molecule has 0 saturated heterocycles. The van der Waals surface area contributed by atoms with Crippen molar-refractivity contribution in [1.29, 1.82) is 0 Å². The maximum atomic E-state index is 11.5. The molecule has 0 spiro atoms. The van der Waals surface area contributed by atoms with E-state index in [-0.39, 0.29) is 16.9 Å². The molecule has 0 unspecified atom stereocenters. The van der Waals surface area contributed by atoms with E-state index in [1.165, 1.54) is 36.4 Å². The quantitative estimate of drug-likeness (QED) is 0.568. The normalized spacial score (nSPS) is 12.2. The highest BCUT2D eigenvalue weighted by atomic mass is 32.2. The van der Waals surface area contributed by atoms with E-state index < -0.39 is 30.0 Å². The van der Waals surface area contributed by atoms with Gasteiger partial charge in [-0.1, -0.05) is 24.3 Å². The molecule has 0 aromatic heterocycles. The lowest BCUT2D eigenvalue weighted by Gasteiger charge is -2.06. The van der Waals surface area contributed by atoms with Crippen molar-refractivity contribution in [2.75, 3.05) is 0 Å². The van der Waals surface area contributed by atoms with Crippen LogP contribution in [0.1, 0.15) is 11.1 Å². The molecule has 25 heavy (non-hydrogen) atoms. The first kappa shape index (κ1) is 18.8. The minimum absolute atomic E-state index is 0.00475. The van der Waals surface area contributed by atoms with Gasteiger partial charge >= 0.3 is 6.47 Å². The van der Waals surface area contributed by atoms with Crippen LogP contribution in [0.2, 0.25) is 0 Å². The van der Waals surface area contributed by atoms with Crippen LogP contribution in [0.3, 0.4) is 0 Å². The Bertz CT molecular complexity index is 1040. The van der Waals surface area contributed by atoms with Crippen molar-refractivity contribution in [3.63, 3.8) is 0 Å². The van der Waals surface area contributed by atoms with Crippen LogP contribution in [0.4, 0.5) is 0 Å². The number of hydrogen-bond donors (Lipinski definition) is 2. The summed E-state index contributed by atoms with van der Waals surface area (Å²) in [6.45, 7) is 1.12. The van der Waals surface area contributed by atoms with Gasteiger partial charge in [-0.05, 0) is 35.4 Å². The van der Waals surface area contributed by atoms with Crippen LogP contribution in [-0.2, 0) is 25.0 Å². The molecule has 10 heteroatoms. The monoisotopic (exact) mass is 382 g/mol. The van der Waals surface area contributed by atoms with Gasteiger partial charge < -0.3 is 4.74 Å². The third kappa shape index (κ3) is 4.73. The smallest absolute Gasteiger partial charge is 0.418 e. The van der Waals surface area contributed by atoms with Crippen LogP contribution >= 0.6 is 0 Å². The second-order valence-electron chi connectivity index (χ2n) is 4.63. The second kappa shape index (κ2) is 7.15. The van der Waals surface area contributed by atoms with Crippen molar-refractivity contribution in [3.8, 4) is 5.75 Å². The molecule has 2 radical (unpaired) electrons. The fourth-order valence-electron chi connectivity index (χ4n) is 1.96. The standard InChI is InChI=1S/C15H10O8S2/c16-10-23-13-8-7-12(15(9-13)25(20,21)22)6-5-11-3-1-2-4-14(11)24(17,18)19/h1,3-9H,(H,17,18,19)(H,20,21,22). The Balaban J connectivity index is 2.55. The van der Waals surface area contributed by atoms with Gasteiger partial charge in [0.15, 0.2) is 0 Å². The molecular formula is C15H10O8S2. The van der Waals surface area contributed by atoms with Gasteiger partial charge in [0.25, 0.3) is 20.2 Å². The van der Waals surface area contributed by atoms with E-state index in [1.807, 2.05) is 0 Å². The molecule has 0 aliphatic carbocycles. The zero-order chi connectivity index (χ0) is 18.7. The average molecular weight is 382 g/mol. The summed E-state index contributed by atoms with van der Waals surface area (Å²) >= 11 is 0. The highest BCUT2D eigenvalue weighted by molar-refractivity contribution is 7.86. The molecule has 0 heterocycles. The van der Waals surface area contributed by atoms with Gasteiger partial charge in [0.2, 0.25) is 0 Å². The van der Waals surface area contributed by atoms with Gasteiger partial charge in [0.05, 0.1) is 0 Å². The fraction of sp³-hybridized carbons (Fsp3) is 0. The topological polar surface area (TPSA) is 135 Å². The van der Waals surface area contributed by atoms with Gasteiger partial charge in [0.1, 0.15) is 15.5 Å². The molecule has 0 aliphatic rings. The Morgan fingerprint density at radius 1 is 0.960 bits per heavy atom. The summed E-state index contributed by atoms with van der Waals surface area (Å²) in [6.07, 6.45) is 2.44. The molecule has 2 N–H and O–H groups in total. The van der Waals surface area contributed by atoms with E-state index in [4.69, 9.17) is 0 Å². The zero-order valence-electron chi connectivity index (χ0n) is 12.3. The summed E-state index contributed by atoms with van der Waals surface area (Å²) in [6, 6.07) is 9.68. The molecule has 2 aromatic rings. The summed E-state index contributed by atoms with van der Waals surface area (Å²) in [7, 11) is -9.16. The Kier molecular flexibility index (Phi) is 5.38. The van der Waals surface area contributed by atoms with Crippen LogP contribution in [0.5, 0.6) is 5.75 Å². The highest BCUT2D eigenvalue weighted by Gasteiger charge is 2.17. The molecule has 2 aromatic carbocycles. The first-order valence-electron chi connectivity index (χ1n) is 6.44. The van der Waals surface area contributed by atoms with E-state index in [0.29, 0.717) is 0 Å². The Morgan fingerprint density at radius 2 is 1.56 bits per heavy atom. The highest BCUT2D eigenvalue weighted by Crippen LogP contribution is 2.25. The van der Waals surface area contributed by atoms with Crippen molar-refractivity contribution < 1.29 is 35.5 Å². The van der Waals surface area contributed by atoms with Crippen LogP contribution in [-0.4, -0.2) is 32.4 Å². The van der Waals surface area contributed by atoms with Crippen LogP contribution in [0.15, 0.2) is 46.2 Å². The predicted molar refractivity (Wildman–Crippen MR) is 86.6 cm³/mol. The van der Waals surface area contributed by atoms with Crippen molar-refractivity contribution in [1.82, 2.24) is 0 Å². The van der Waals surface area contributed by atoms with Gasteiger partial charge in [0, 0.05) is 6.07 Å². The molecule has 8 nitrogen and oxygen atoms in total. The molecule has 0 saturated carbocycles. The van der Waals surface area contributed by atoms with Gasteiger partial charge in [-0.25, -0.2) is 4.79 Å². The summed E-state index contributed by atoms with van der Waals surface area (Å²) in [5.41, 5.74) is 0.0685. The summed E-state index contributed by atoms with van der Waals surface area (Å²) in [5.74, 6) is -0.160. The number of benzene rings is 2. The van der Waals surface area contributed by atoms with Crippen LogP contribution in [0, 0.1) is 6.07 Å². The first-order chi connectivity index (χ1) is 11.6. The van der Waals surface area contributed by atoms with Gasteiger partial charge in [-0.2, -0.15) is 16.8 Å². The summed E-state index contributed by atoms with van der Waals surface area (Å²) in [5, 5.41) is 0. The molecule has 0 atom stereocenters. The molecular weight excluding hydrogens is 372 g/mol. The molecule has 2 rings (SSSR count). The number of rotatable bonds is 6. The van der Waals surface area contributed by atoms with Gasteiger partial charge in [-0.3, -0.25) is 9.11 Å². The maximum absolute atomic E-state index is 11.5. The van der Waals surface area contributed by atoms with Crippen molar-refractivity contribution in [2.45, 2.75) is 9.79 Å². The lowest BCUT2D eigenvalue weighted by Crippen LogP contribution is -2.02. The molecule has 0 fully saturated rings. The third-order valence-corrected chi connectivity index (χ3v) is 4.82. The van der Waals surface area contributed by atoms with E-state index in [1.54, 1.807) is 0 Å². The van der Waals surface area contributed by atoms with E-state index in [2.05, 4.69) is 10.8 Å². The number of hydrogen-bond acceptors (Lipinski definition) is 6. The van der Waals surface area contributed by atoms with Crippen LogP contribution < -0.4 is 4.74 Å². The Morgan fingerprint density at radius 3 is 2.12 bits per heavy atom. The summed E-state index contributed by atoms with van der Waals surface area (Å²) < 4.78 is 68.5. The van der Waals surface area contributed by atoms with Crippen LogP contribution in [0.25, 0.3) is 12.2 Å². The zero-order valence-corrected chi connectivity index (χ0v) is 13.9. The summed E-state index contributed by atoms with van der Waals surface area (Å²) in [4.78, 5) is 9.22. The van der Waals surface area contributed by atoms with Crippen molar-refractivity contribution >= 4 is 38.9 Å². The lowest BCUT2D eigenvalue weighted by atomic mass is 10.1. The van der Waals surface area contributed by atoms with Crippen molar-refractivity contribution in [2.24, 2.45) is 0 Å². The molecule has 0 bridgehead atoms. The Hall–Kier alpha value is -2.53. The lowest BCUT2D eigenvalue weighted by molar-refractivity contribution is 0.440. The van der Waals surface area contributed by atoms with E-state index in [9.17, 15) is 30.7 Å².